The number of ether oxygens (including phenoxy) is 1. The highest BCUT2D eigenvalue weighted by atomic mass is 16.5. The molecule has 0 aliphatic heterocycles. The lowest BCUT2D eigenvalue weighted by atomic mass is 10.0. The zero-order chi connectivity index (χ0) is 11.1. The Labute approximate surface area is 91.9 Å². The summed E-state index contributed by atoms with van der Waals surface area (Å²) in [5.74, 6) is 0. The van der Waals surface area contributed by atoms with E-state index in [1.54, 1.807) is 0 Å². The molecule has 0 spiro atoms. The lowest BCUT2D eigenvalue weighted by Crippen LogP contribution is -2.07. The second-order valence-electron chi connectivity index (χ2n) is 3.67. The van der Waals surface area contributed by atoms with Crippen LogP contribution < -0.4 is 0 Å². The van der Waals surface area contributed by atoms with Crippen molar-refractivity contribution in [3.63, 3.8) is 0 Å². The lowest BCUT2D eigenvalue weighted by molar-refractivity contribution is 0.0420. The fourth-order valence-electron chi connectivity index (χ4n) is 1.57. The number of aryl methyl sites for hydroxylation is 1. The molecule has 0 radical (unpaired) electrons. The molecule has 0 aliphatic carbocycles. The maximum atomic E-state index is 9.82. The minimum atomic E-state index is -0.498. The van der Waals surface area contributed by atoms with E-state index in [4.69, 9.17) is 4.74 Å². The predicted octanol–water partition coefficient (Wildman–Crippen LogP) is 2.71. The number of benzene rings is 1. The molecule has 0 bridgehead atoms. The standard InChI is InChI=1S/C13H20O2/c1-3-6-11-7-5-8-12(9-11)13(14)10-15-4-2/h5,7-9,13-14H,3-4,6,10H2,1-2H3. The van der Waals surface area contributed by atoms with E-state index in [-0.39, 0.29) is 0 Å². The minimum absolute atomic E-state index is 0.381. The average molecular weight is 208 g/mol. The molecule has 1 aromatic rings. The lowest BCUT2D eigenvalue weighted by Gasteiger charge is -2.11. The van der Waals surface area contributed by atoms with Gasteiger partial charge in [-0.2, -0.15) is 0 Å². The van der Waals surface area contributed by atoms with Gasteiger partial charge in [0, 0.05) is 6.61 Å². The van der Waals surface area contributed by atoms with Crippen molar-refractivity contribution in [2.45, 2.75) is 32.8 Å². The van der Waals surface area contributed by atoms with Crippen LogP contribution in [0.25, 0.3) is 0 Å². The van der Waals surface area contributed by atoms with Gasteiger partial charge in [-0.05, 0) is 24.5 Å². The fraction of sp³-hybridized carbons (Fsp3) is 0.538. The van der Waals surface area contributed by atoms with E-state index in [0.717, 1.165) is 18.4 Å². The van der Waals surface area contributed by atoms with Crippen LogP contribution in [0.15, 0.2) is 24.3 Å². The third-order valence-corrected chi connectivity index (χ3v) is 2.35. The van der Waals surface area contributed by atoms with E-state index in [0.29, 0.717) is 13.2 Å². The van der Waals surface area contributed by atoms with Gasteiger partial charge < -0.3 is 9.84 Å². The summed E-state index contributed by atoms with van der Waals surface area (Å²) in [7, 11) is 0. The van der Waals surface area contributed by atoms with Crippen LogP contribution in [0.2, 0.25) is 0 Å². The van der Waals surface area contributed by atoms with Gasteiger partial charge in [0.1, 0.15) is 6.10 Å². The molecule has 0 saturated carbocycles. The number of hydrogen-bond donors (Lipinski definition) is 1. The molecule has 1 unspecified atom stereocenters. The summed E-state index contributed by atoms with van der Waals surface area (Å²) < 4.78 is 5.20. The van der Waals surface area contributed by atoms with Crippen LogP contribution in [0, 0.1) is 0 Å². The number of hydrogen-bond acceptors (Lipinski definition) is 2. The highest BCUT2D eigenvalue weighted by Gasteiger charge is 2.07. The summed E-state index contributed by atoms with van der Waals surface area (Å²) in [4.78, 5) is 0. The third-order valence-electron chi connectivity index (χ3n) is 2.35. The molecule has 0 amide bonds. The molecule has 0 heterocycles. The fourth-order valence-corrected chi connectivity index (χ4v) is 1.57. The summed E-state index contributed by atoms with van der Waals surface area (Å²) in [5, 5.41) is 9.82. The van der Waals surface area contributed by atoms with Crippen molar-refractivity contribution in [2.75, 3.05) is 13.2 Å². The van der Waals surface area contributed by atoms with Crippen LogP contribution in [0.5, 0.6) is 0 Å². The van der Waals surface area contributed by atoms with Gasteiger partial charge in [-0.1, -0.05) is 37.6 Å². The highest BCUT2D eigenvalue weighted by Crippen LogP contribution is 2.15. The van der Waals surface area contributed by atoms with Crippen LogP contribution in [0.4, 0.5) is 0 Å². The first-order chi connectivity index (χ1) is 7.27. The molecule has 84 valence electrons. The second kappa shape index (κ2) is 6.59. The zero-order valence-corrected chi connectivity index (χ0v) is 9.57. The highest BCUT2D eigenvalue weighted by molar-refractivity contribution is 5.25. The quantitative estimate of drug-likeness (QED) is 0.779. The first-order valence-electron chi connectivity index (χ1n) is 5.62. The van der Waals surface area contributed by atoms with Gasteiger partial charge in [0.05, 0.1) is 6.61 Å². The van der Waals surface area contributed by atoms with Gasteiger partial charge in [-0.25, -0.2) is 0 Å². The van der Waals surface area contributed by atoms with Gasteiger partial charge in [0.2, 0.25) is 0 Å². The van der Waals surface area contributed by atoms with Crippen molar-refractivity contribution >= 4 is 0 Å². The van der Waals surface area contributed by atoms with Crippen LogP contribution in [-0.2, 0) is 11.2 Å². The van der Waals surface area contributed by atoms with Crippen molar-refractivity contribution in [3.05, 3.63) is 35.4 Å². The number of aliphatic hydroxyl groups is 1. The molecule has 1 rings (SSSR count). The van der Waals surface area contributed by atoms with Gasteiger partial charge in [0.25, 0.3) is 0 Å². The van der Waals surface area contributed by atoms with Gasteiger partial charge in [-0.15, -0.1) is 0 Å². The van der Waals surface area contributed by atoms with Gasteiger partial charge >= 0.3 is 0 Å². The molecular weight excluding hydrogens is 188 g/mol. The van der Waals surface area contributed by atoms with Crippen molar-refractivity contribution < 1.29 is 9.84 Å². The van der Waals surface area contributed by atoms with Crippen molar-refractivity contribution in [2.24, 2.45) is 0 Å². The van der Waals surface area contributed by atoms with E-state index in [2.05, 4.69) is 19.1 Å². The summed E-state index contributed by atoms with van der Waals surface area (Å²) >= 11 is 0. The summed E-state index contributed by atoms with van der Waals surface area (Å²) in [6, 6.07) is 8.10. The Balaban J connectivity index is 2.62. The van der Waals surface area contributed by atoms with E-state index >= 15 is 0 Å². The monoisotopic (exact) mass is 208 g/mol. The maximum absolute atomic E-state index is 9.82. The van der Waals surface area contributed by atoms with E-state index in [1.807, 2.05) is 19.1 Å². The van der Waals surface area contributed by atoms with Crippen LogP contribution in [0.1, 0.15) is 37.5 Å². The normalized spacial score (nSPS) is 12.7. The molecule has 1 atom stereocenters. The van der Waals surface area contributed by atoms with Crippen LogP contribution in [0.3, 0.4) is 0 Å². The predicted molar refractivity (Wildman–Crippen MR) is 61.9 cm³/mol. The molecule has 0 saturated heterocycles. The van der Waals surface area contributed by atoms with E-state index < -0.39 is 6.10 Å². The molecule has 2 heteroatoms. The Morgan fingerprint density at radius 1 is 1.33 bits per heavy atom. The Bertz CT molecular complexity index is 284. The molecular formula is C13H20O2. The smallest absolute Gasteiger partial charge is 0.102 e. The SMILES string of the molecule is CCCc1cccc(C(O)COCC)c1. The van der Waals surface area contributed by atoms with Crippen LogP contribution in [-0.4, -0.2) is 18.3 Å². The van der Waals surface area contributed by atoms with Gasteiger partial charge in [0.15, 0.2) is 0 Å². The van der Waals surface area contributed by atoms with Crippen molar-refractivity contribution in [3.8, 4) is 0 Å². The molecule has 0 aliphatic rings. The molecule has 0 aromatic heterocycles. The Morgan fingerprint density at radius 2 is 2.13 bits per heavy atom. The molecule has 2 nitrogen and oxygen atoms in total. The van der Waals surface area contributed by atoms with Crippen molar-refractivity contribution in [1.82, 2.24) is 0 Å². The Morgan fingerprint density at radius 3 is 2.80 bits per heavy atom. The zero-order valence-electron chi connectivity index (χ0n) is 9.57. The van der Waals surface area contributed by atoms with Crippen molar-refractivity contribution in [1.29, 1.82) is 0 Å². The molecule has 1 N–H and O–H groups in total. The Hall–Kier alpha value is -0.860. The third kappa shape index (κ3) is 4.02. The Kier molecular flexibility index (Phi) is 5.37. The second-order valence-corrected chi connectivity index (χ2v) is 3.67. The molecule has 0 fully saturated rings. The summed E-state index contributed by atoms with van der Waals surface area (Å²) in [5.41, 5.74) is 2.24. The van der Waals surface area contributed by atoms with E-state index in [9.17, 15) is 5.11 Å². The van der Waals surface area contributed by atoms with Crippen LogP contribution >= 0.6 is 0 Å². The largest absolute Gasteiger partial charge is 0.386 e. The average Bonchev–Trinajstić information content (AvgIpc) is 2.27. The summed E-state index contributed by atoms with van der Waals surface area (Å²) in [6.45, 7) is 5.11. The number of aliphatic hydroxyl groups excluding tert-OH is 1. The summed E-state index contributed by atoms with van der Waals surface area (Å²) in [6.07, 6.45) is 1.70. The van der Waals surface area contributed by atoms with Gasteiger partial charge in [-0.3, -0.25) is 0 Å². The number of rotatable bonds is 6. The maximum Gasteiger partial charge on any atom is 0.102 e. The molecule has 1 aromatic carbocycles. The topological polar surface area (TPSA) is 29.5 Å². The first-order valence-corrected chi connectivity index (χ1v) is 5.62. The van der Waals surface area contributed by atoms with E-state index in [1.165, 1.54) is 5.56 Å². The molecule has 15 heavy (non-hydrogen) atoms. The minimum Gasteiger partial charge on any atom is -0.386 e. The first kappa shape index (κ1) is 12.2.